The van der Waals surface area contributed by atoms with Crippen LogP contribution in [-0.4, -0.2) is 208 Å². The van der Waals surface area contributed by atoms with Crippen molar-refractivity contribution in [1.82, 2.24) is 46.1 Å². The summed E-state index contributed by atoms with van der Waals surface area (Å²) in [6.07, 6.45) is -16.6. The Morgan fingerprint density at radius 2 is 1.56 bits per heavy atom. The van der Waals surface area contributed by atoms with E-state index in [1.807, 2.05) is 6.92 Å². The molecule has 3 aliphatic rings. The van der Waals surface area contributed by atoms with E-state index in [4.69, 9.17) is 24.7 Å². The lowest BCUT2D eigenvalue weighted by Gasteiger charge is -2.43. The lowest BCUT2D eigenvalue weighted by Crippen LogP contribution is -2.65. The molecule has 28 heteroatoms. The van der Waals surface area contributed by atoms with E-state index in [1.54, 1.807) is 0 Å². The molecule has 3 fully saturated rings. The maximum Gasteiger partial charge on any atom is 0.280 e. The summed E-state index contributed by atoms with van der Waals surface area (Å²) in [7, 11) is 0. The summed E-state index contributed by atoms with van der Waals surface area (Å²) in [5, 5.41) is 95.6. The molecule has 0 spiro atoms. The third-order valence-corrected chi connectivity index (χ3v) is 11.9. The monoisotopic (exact) mass is 972 g/mol. The van der Waals surface area contributed by atoms with Gasteiger partial charge in [-0.05, 0) is 32.6 Å². The van der Waals surface area contributed by atoms with Crippen molar-refractivity contribution in [1.29, 1.82) is 0 Å². The Morgan fingerprint density at radius 1 is 0.853 bits per heavy atom. The van der Waals surface area contributed by atoms with E-state index in [2.05, 4.69) is 41.5 Å². The van der Waals surface area contributed by atoms with Crippen molar-refractivity contribution in [3.8, 4) is 0 Å². The number of aromatic nitrogens is 4. The normalized spacial score (nSPS) is 31.4. The Bertz CT molecular complexity index is 2100. The van der Waals surface area contributed by atoms with E-state index in [0.717, 1.165) is 19.2 Å². The van der Waals surface area contributed by atoms with Crippen molar-refractivity contribution in [2.75, 3.05) is 32.0 Å². The highest BCUT2D eigenvalue weighted by Crippen LogP contribution is 2.31. The number of H-pyrrole nitrogens is 1. The molecule has 5 rings (SSSR count). The first-order valence-electron chi connectivity index (χ1n) is 22.4. The van der Waals surface area contributed by atoms with Crippen molar-refractivity contribution in [3.63, 3.8) is 0 Å². The minimum Gasteiger partial charge on any atom is -0.394 e. The summed E-state index contributed by atoms with van der Waals surface area (Å²) in [5.74, 6) is -4.05. The molecule has 5 amide bonds. The summed E-state index contributed by atoms with van der Waals surface area (Å²) in [6, 6.07) is -2.59. The number of nitrogens with one attached hydrogen (secondary N) is 6. The molecule has 0 bridgehead atoms. The first-order valence-corrected chi connectivity index (χ1v) is 22.4. The van der Waals surface area contributed by atoms with Crippen LogP contribution in [0.15, 0.2) is 11.1 Å². The van der Waals surface area contributed by atoms with Crippen LogP contribution in [0.4, 0.5) is 5.95 Å². The maximum absolute atomic E-state index is 13.7. The molecule has 28 nitrogen and oxygen atoms in total. The molecule has 0 saturated carbocycles. The van der Waals surface area contributed by atoms with Gasteiger partial charge in [0.05, 0.1) is 25.6 Å². The molecule has 2 aromatic heterocycles. The van der Waals surface area contributed by atoms with Crippen molar-refractivity contribution in [3.05, 3.63) is 16.7 Å². The molecular weight excluding hydrogens is 908 g/mol. The topological polar surface area (TPSA) is 434 Å². The average Bonchev–Trinajstić information content (AvgIpc) is 3.85. The summed E-state index contributed by atoms with van der Waals surface area (Å²) in [5.41, 5.74) is 4.86. The number of nitrogens with two attached hydrogens (primary N) is 1. The maximum atomic E-state index is 13.7. The Kier molecular flexibility index (Phi) is 19.5. The highest BCUT2D eigenvalue weighted by atomic mass is 16.7. The molecule has 382 valence electrons. The van der Waals surface area contributed by atoms with Crippen LogP contribution in [-0.2, 0) is 42.9 Å². The molecule has 16 N–H and O–H groups in total. The van der Waals surface area contributed by atoms with Crippen LogP contribution in [0.5, 0.6) is 0 Å². The molecule has 3 saturated heterocycles. The number of unbranched alkanes of at least 4 members (excludes halogenated alkanes) is 3. The molecule has 68 heavy (non-hydrogen) atoms. The highest BCUT2D eigenvalue weighted by molar-refractivity contribution is 5.91. The number of imidazole rings is 1. The zero-order valence-corrected chi connectivity index (χ0v) is 37.7. The van der Waals surface area contributed by atoms with Gasteiger partial charge < -0.3 is 92.1 Å². The molecule has 0 radical (unpaired) electrons. The predicted molar refractivity (Wildman–Crippen MR) is 230 cm³/mol. The fourth-order valence-corrected chi connectivity index (χ4v) is 8.02. The van der Waals surface area contributed by atoms with Crippen LogP contribution in [0.1, 0.15) is 71.9 Å². The number of aliphatic hydroxyl groups is 8. The van der Waals surface area contributed by atoms with Crippen LogP contribution in [0.3, 0.4) is 0 Å². The number of rotatable bonds is 22. The fourth-order valence-electron chi connectivity index (χ4n) is 8.02. The van der Waals surface area contributed by atoms with Gasteiger partial charge in [-0.2, -0.15) is 4.98 Å². The van der Waals surface area contributed by atoms with Gasteiger partial charge in [0.2, 0.25) is 29.6 Å². The fraction of sp³-hybridized carbons (Fsp3) is 0.750. The van der Waals surface area contributed by atoms with E-state index in [-0.39, 0.29) is 49.3 Å². The summed E-state index contributed by atoms with van der Waals surface area (Å²) < 4.78 is 24.0. The quantitative estimate of drug-likeness (QED) is 0.0488. The van der Waals surface area contributed by atoms with E-state index >= 15 is 0 Å². The minimum absolute atomic E-state index is 0.0332. The number of nitrogens with zero attached hydrogens (tertiary/aromatic N) is 3. The molecule has 5 heterocycles. The van der Waals surface area contributed by atoms with Gasteiger partial charge in [0.25, 0.3) is 11.5 Å². The van der Waals surface area contributed by atoms with Gasteiger partial charge in [0.15, 0.2) is 29.8 Å². The third-order valence-electron chi connectivity index (χ3n) is 11.9. The Morgan fingerprint density at radius 3 is 2.25 bits per heavy atom. The molecule has 0 aliphatic carbocycles. The van der Waals surface area contributed by atoms with Crippen molar-refractivity contribution < 1.29 is 83.8 Å². The number of hydrogen-bond acceptors (Lipinski definition) is 21. The van der Waals surface area contributed by atoms with Crippen molar-refractivity contribution in [2.45, 2.75) is 164 Å². The van der Waals surface area contributed by atoms with Crippen LogP contribution in [0, 0.1) is 0 Å². The van der Waals surface area contributed by atoms with E-state index in [9.17, 15) is 69.6 Å². The number of amides is 5. The molecule has 0 aromatic carbocycles. The van der Waals surface area contributed by atoms with Crippen LogP contribution >= 0.6 is 0 Å². The smallest absolute Gasteiger partial charge is 0.280 e. The zero-order valence-electron chi connectivity index (χ0n) is 37.7. The number of ether oxygens (including phenoxy) is 4. The van der Waals surface area contributed by atoms with Gasteiger partial charge >= 0.3 is 0 Å². The van der Waals surface area contributed by atoms with Crippen LogP contribution < -0.4 is 37.9 Å². The van der Waals surface area contributed by atoms with Gasteiger partial charge in [-0.25, -0.2) is 4.98 Å². The summed E-state index contributed by atoms with van der Waals surface area (Å²) in [6.45, 7) is 2.72. The summed E-state index contributed by atoms with van der Waals surface area (Å²) >= 11 is 0. The first-order chi connectivity index (χ1) is 32.3. The lowest BCUT2D eigenvalue weighted by molar-refractivity contribution is -0.279. The van der Waals surface area contributed by atoms with E-state index in [1.165, 1.54) is 18.4 Å². The van der Waals surface area contributed by atoms with E-state index < -0.39 is 153 Å². The van der Waals surface area contributed by atoms with Gasteiger partial charge in [0, 0.05) is 20.0 Å². The number of fused-ring (bicyclic) bond motifs is 1. The van der Waals surface area contributed by atoms with Gasteiger partial charge in [0.1, 0.15) is 73.1 Å². The second-order valence-corrected chi connectivity index (χ2v) is 17.0. The Balaban J connectivity index is 1.21. The van der Waals surface area contributed by atoms with Crippen molar-refractivity contribution in [2.24, 2.45) is 0 Å². The standard InChI is InChI=1S/C40H64N10O18/c1-4-5-6-10-19(67-39-23(46-17(3)52)28(57)27(56)21(14-51)68-39)35(62)42-11-8-7-9-18(47-22(53)13-44-37(64)32-30(59)29(58)25(54)16(2)65-32)34(61)43-12-20-26(55)31(60)38(66-20)50-15-45-24-33(50)48-40(41)49-36(24)63/h15-16,18-21,23,25-32,38-39,51,54-60H,4-14H2,1-3H3,(H,42,62)(H,43,61)(H,44,64)(H,46,52)(H,47,53)(H3,41,48,49,63)/t16-,18-,19?,20+,21+,23+,25+,26+,27+,28+,29+,30-,31+,32-,38+,39+/m0/s1. The number of hydrogen-bond donors (Lipinski definition) is 15. The zero-order chi connectivity index (χ0) is 50.0. The molecule has 1 unspecified atom stereocenters. The SMILES string of the molecule is CCCCCC(O[C@@H]1O[C@H](CO)[C@@H](O)[C@H](O)[C@H]1NC(C)=O)C(=O)NCCCC[C@H](NC(=O)CNC(=O)[C@H]1O[C@@H](C)[C@@H](O)[C@@H](O)[C@@H]1O)C(=O)NC[C@H]1O[C@@H](n2cnc3c(=O)[nH]c(N)nc32)[C@H](O)[C@@H]1O. The average molecular weight is 973 g/mol. The second-order valence-electron chi connectivity index (χ2n) is 17.0. The molecular formula is C40H64N10O18. The highest BCUT2D eigenvalue weighted by Gasteiger charge is 2.48. The number of carbonyl (C=O) groups is 5. The van der Waals surface area contributed by atoms with Gasteiger partial charge in [-0.1, -0.05) is 26.2 Å². The summed E-state index contributed by atoms with van der Waals surface area (Å²) in [4.78, 5) is 87.9. The number of anilines is 1. The largest absolute Gasteiger partial charge is 0.394 e. The van der Waals surface area contributed by atoms with Crippen molar-refractivity contribution >= 4 is 46.6 Å². The molecule has 2 aromatic rings. The second kappa shape index (κ2) is 24.5. The first kappa shape index (κ1) is 54.0. The van der Waals surface area contributed by atoms with Crippen LogP contribution in [0.25, 0.3) is 11.2 Å². The van der Waals surface area contributed by atoms with Crippen LogP contribution in [0.2, 0.25) is 0 Å². The molecule has 16 atom stereocenters. The number of aromatic amines is 1. The van der Waals surface area contributed by atoms with E-state index in [0.29, 0.717) is 6.42 Å². The Hall–Kier alpha value is -4.98. The molecule has 3 aliphatic heterocycles. The predicted octanol–water partition coefficient (Wildman–Crippen LogP) is -6.90. The minimum atomic E-state index is -1.82. The number of carbonyl (C=O) groups excluding carboxylic acids is 5. The number of aliphatic hydroxyl groups excluding tert-OH is 8. The third kappa shape index (κ3) is 13.2. The van der Waals surface area contributed by atoms with Gasteiger partial charge in [-0.15, -0.1) is 0 Å². The lowest BCUT2D eigenvalue weighted by atomic mass is 9.95. The number of nitrogen functional groups attached to an aromatic ring is 1. The Labute approximate surface area is 388 Å². The van der Waals surface area contributed by atoms with Gasteiger partial charge in [-0.3, -0.25) is 38.3 Å².